The van der Waals surface area contributed by atoms with Crippen LogP contribution in [0.15, 0.2) is 29.5 Å². The van der Waals surface area contributed by atoms with Crippen molar-refractivity contribution in [1.82, 2.24) is 5.32 Å². The Morgan fingerprint density at radius 3 is 2.42 bits per heavy atom. The number of rotatable bonds is 2. The Kier molecular flexibility index (Phi) is 4.01. The highest BCUT2D eigenvalue weighted by Crippen LogP contribution is 2.19. The van der Waals surface area contributed by atoms with Gasteiger partial charge in [0.2, 0.25) is 5.78 Å². The number of piperidine rings is 1. The highest BCUT2D eigenvalue weighted by Gasteiger charge is 2.19. The Morgan fingerprint density at radius 1 is 1.21 bits per heavy atom. The van der Waals surface area contributed by atoms with Crippen LogP contribution in [0.1, 0.15) is 40.7 Å². The van der Waals surface area contributed by atoms with Crippen molar-refractivity contribution in [2.45, 2.75) is 33.1 Å². The maximum Gasteiger partial charge on any atom is 0.205 e. The molecule has 98 valence electrons. The van der Waals surface area contributed by atoms with Gasteiger partial charge in [0.25, 0.3) is 0 Å². The van der Waals surface area contributed by atoms with Crippen LogP contribution >= 0.6 is 0 Å². The third-order valence-corrected chi connectivity index (χ3v) is 3.32. The molecule has 1 aliphatic heterocycles. The van der Waals surface area contributed by atoms with E-state index in [4.69, 9.17) is 0 Å². The molecule has 1 N–H and O–H groups in total. The first-order chi connectivity index (χ1) is 9.11. The number of ketones is 1. The summed E-state index contributed by atoms with van der Waals surface area (Å²) in [7, 11) is 0. The van der Waals surface area contributed by atoms with Crippen LogP contribution in [-0.4, -0.2) is 12.3 Å². The highest BCUT2D eigenvalue weighted by atomic mass is 16.1. The molecule has 1 heterocycles. The van der Waals surface area contributed by atoms with Gasteiger partial charge in [-0.15, -0.1) is 0 Å². The zero-order chi connectivity index (χ0) is 13.8. The van der Waals surface area contributed by atoms with Crippen molar-refractivity contribution in [2.75, 3.05) is 6.54 Å². The van der Waals surface area contributed by atoms with E-state index in [0.717, 1.165) is 42.6 Å². The molecule has 3 nitrogen and oxygen atoms in total. The molecule has 0 atom stereocenters. The molecule has 0 aliphatic carbocycles. The molecule has 0 aromatic heterocycles. The quantitative estimate of drug-likeness (QED) is 0.501. The SMILES string of the molecule is Cc1cc(C)cc(C(=O)/C(C#N)=C2\CCCCN2)c1. The van der Waals surface area contributed by atoms with Crippen LogP contribution in [-0.2, 0) is 0 Å². The van der Waals surface area contributed by atoms with Crippen molar-refractivity contribution < 1.29 is 4.79 Å². The van der Waals surface area contributed by atoms with E-state index in [1.165, 1.54) is 0 Å². The third-order valence-electron chi connectivity index (χ3n) is 3.32. The lowest BCUT2D eigenvalue weighted by Crippen LogP contribution is -2.23. The van der Waals surface area contributed by atoms with Crippen LogP contribution in [0, 0.1) is 25.2 Å². The number of hydrogen-bond acceptors (Lipinski definition) is 3. The second kappa shape index (κ2) is 5.71. The van der Waals surface area contributed by atoms with Crippen LogP contribution in [0.5, 0.6) is 0 Å². The third kappa shape index (κ3) is 3.03. The van der Waals surface area contributed by atoms with Gasteiger partial charge < -0.3 is 5.32 Å². The molecular weight excluding hydrogens is 236 g/mol. The van der Waals surface area contributed by atoms with Crippen molar-refractivity contribution in [1.29, 1.82) is 5.26 Å². The van der Waals surface area contributed by atoms with Crippen LogP contribution in [0.4, 0.5) is 0 Å². The van der Waals surface area contributed by atoms with E-state index in [0.29, 0.717) is 5.56 Å². The first kappa shape index (κ1) is 13.4. The first-order valence-corrected chi connectivity index (χ1v) is 6.62. The van der Waals surface area contributed by atoms with Crippen LogP contribution in [0.3, 0.4) is 0 Å². The highest BCUT2D eigenvalue weighted by molar-refractivity contribution is 6.11. The largest absolute Gasteiger partial charge is 0.387 e. The number of carbonyl (C=O) groups excluding carboxylic acids is 1. The standard InChI is InChI=1S/C16H18N2O/c1-11-7-12(2)9-13(8-11)16(19)14(10-17)15-5-3-4-6-18-15/h7-9,18H,3-6H2,1-2H3/b15-14+. The van der Waals surface area contributed by atoms with Crippen molar-refractivity contribution in [3.8, 4) is 6.07 Å². The number of hydrogen-bond donors (Lipinski definition) is 1. The van der Waals surface area contributed by atoms with E-state index in [1.54, 1.807) is 0 Å². The van der Waals surface area contributed by atoms with E-state index in [1.807, 2.05) is 32.0 Å². The number of allylic oxidation sites excluding steroid dienone is 2. The minimum Gasteiger partial charge on any atom is -0.387 e. The smallest absolute Gasteiger partial charge is 0.205 e. The van der Waals surface area contributed by atoms with Crippen molar-refractivity contribution in [3.05, 3.63) is 46.2 Å². The van der Waals surface area contributed by atoms with E-state index in [2.05, 4.69) is 11.4 Å². The molecule has 0 unspecified atom stereocenters. The summed E-state index contributed by atoms with van der Waals surface area (Å²) < 4.78 is 0. The summed E-state index contributed by atoms with van der Waals surface area (Å²) in [6.07, 6.45) is 2.92. The average molecular weight is 254 g/mol. The van der Waals surface area contributed by atoms with Gasteiger partial charge in [-0.25, -0.2) is 0 Å². The van der Waals surface area contributed by atoms with Gasteiger partial charge in [0.1, 0.15) is 11.6 Å². The number of aryl methyl sites for hydroxylation is 2. The monoisotopic (exact) mass is 254 g/mol. The molecule has 1 aromatic rings. The molecule has 19 heavy (non-hydrogen) atoms. The number of benzene rings is 1. The van der Waals surface area contributed by atoms with E-state index in [9.17, 15) is 10.1 Å². The maximum atomic E-state index is 12.5. The lowest BCUT2D eigenvalue weighted by Gasteiger charge is -2.18. The van der Waals surface area contributed by atoms with Crippen LogP contribution in [0.2, 0.25) is 0 Å². The Labute approximate surface area is 113 Å². The molecule has 0 radical (unpaired) electrons. The van der Waals surface area contributed by atoms with E-state index >= 15 is 0 Å². The number of Topliss-reactive ketones (excluding diaryl/α,β-unsaturated/α-hetero) is 1. The molecule has 1 fully saturated rings. The fourth-order valence-corrected chi connectivity index (χ4v) is 2.47. The van der Waals surface area contributed by atoms with Gasteiger partial charge in [-0.2, -0.15) is 5.26 Å². The Morgan fingerprint density at radius 2 is 1.89 bits per heavy atom. The summed E-state index contributed by atoms with van der Waals surface area (Å²) in [5.41, 5.74) is 3.76. The summed E-state index contributed by atoms with van der Waals surface area (Å²) >= 11 is 0. The number of nitriles is 1. The van der Waals surface area contributed by atoms with Crippen LogP contribution < -0.4 is 5.32 Å². The van der Waals surface area contributed by atoms with Gasteiger partial charge in [0.05, 0.1) is 0 Å². The molecular formula is C16H18N2O. The van der Waals surface area contributed by atoms with Gasteiger partial charge >= 0.3 is 0 Å². The molecule has 1 saturated heterocycles. The zero-order valence-electron chi connectivity index (χ0n) is 11.4. The predicted octanol–water partition coefficient (Wildman–Crippen LogP) is 3.04. The molecule has 0 saturated carbocycles. The number of nitrogens with zero attached hydrogens (tertiary/aromatic N) is 1. The lowest BCUT2D eigenvalue weighted by atomic mass is 9.96. The normalized spacial score (nSPS) is 17.3. The van der Waals surface area contributed by atoms with Crippen molar-refractivity contribution >= 4 is 5.78 Å². The second-order valence-electron chi connectivity index (χ2n) is 5.05. The molecule has 0 spiro atoms. The number of carbonyl (C=O) groups is 1. The van der Waals surface area contributed by atoms with Gasteiger partial charge in [-0.1, -0.05) is 17.2 Å². The molecule has 0 bridgehead atoms. The first-order valence-electron chi connectivity index (χ1n) is 6.62. The second-order valence-corrected chi connectivity index (χ2v) is 5.05. The van der Waals surface area contributed by atoms with Crippen molar-refractivity contribution in [3.63, 3.8) is 0 Å². The van der Waals surface area contributed by atoms with Crippen molar-refractivity contribution in [2.24, 2.45) is 0 Å². The van der Waals surface area contributed by atoms with E-state index in [-0.39, 0.29) is 11.4 Å². The minimum atomic E-state index is -0.168. The summed E-state index contributed by atoms with van der Waals surface area (Å²) in [6, 6.07) is 7.79. The molecule has 3 heteroatoms. The summed E-state index contributed by atoms with van der Waals surface area (Å²) in [5.74, 6) is -0.168. The average Bonchev–Trinajstić information content (AvgIpc) is 2.39. The van der Waals surface area contributed by atoms with Gasteiger partial charge in [0.15, 0.2) is 0 Å². The van der Waals surface area contributed by atoms with Gasteiger partial charge in [-0.3, -0.25) is 4.79 Å². The fourth-order valence-electron chi connectivity index (χ4n) is 2.47. The Bertz CT molecular complexity index is 551. The van der Waals surface area contributed by atoms with Crippen LogP contribution in [0.25, 0.3) is 0 Å². The fraction of sp³-hybridized carbons (Fsp3) is 0.375. The lowest BCUT2D eigenvalue weighted by molar-refractivity contribution is 0.103. The molecule has 0 amide bonds. The van der Waals surface area contributed by atoms with Gasteiger partial charge in [0, 0.05) is 17.8 Å². The molecule has 1 aromatic carbocycles. The summed E-state index contributed by atoms with van der Waals surface area (Å²) in [4.78, 5) is 12.5. The predicted molar refractivity (Wildman–Crippen MR) is 74.7 cm³/mol. The molecule has 1 aliphatic rings. The zero-order valence-corrected chi connectivity index (χ0v) is 11.4. The topological polar surface area (TPSA) is 52.9 Å². The summed E-state index contributed by atoms with van der Waals surface area (Å²) in [5, 5.41) is 12.5. The maximum absolute atomic E-state index is 12.5. The van der Waals surface area contributed by atoms with E-state index < -0.39 is 0 Å². The summed E-state index contributed by atoms with van der Waals surface area (Å²) in [6.45, 7) is 4.77. The molecule has 2 rings (SSSR count). The Hall–Kier alpha value is -2.08. The number of nitrogens with one attached hydrogen (secondary N) is 1. The minimum absolute atomic E-state index is 0.168. The Balaban J connectivity index is 2.38. The van der Waals surface area contributed by atoms with Gasteiger partial charge in [-0.05, 0) is 45.2 Å².